The Hall–Kier alpha value is -1.75. The molecule has 0 aliphatic rings. The van der Waals surface area contributed by atoms with Gasteiger partial charge in [0.05, 0.1) is 6.61 Å². The molecule has 0 heterocycles. The molecule has 1 atom stereocenters. The Labute approximate surface area is 121 Å². The lowest BCUT2D eigenvalue weighted by Crippen LogP contribution is -2.28. The fourth-order valence-electron chi connectivity index (χ4n) is 2.19. The van der Waals surface area contributed by atoms with Gasteiger partial charge in [0.15, 0.2) is 0 Å². The SMILES string of the molecule is CCCCOc1ccc([C@H](N)C(F)(F)F)c2ccccc12. The smallest absolute Gasteiger partial charge is 0.407 e. The zero-order valence-corrected chi connectivity index (χ0v) is 11.8. The highest BCUT2D eigenvalue weighted by molar-refractivity contribution is 5.91. The molecule has 0 bridgehead atoms. The minimum atomic E-state index is -4.46. The summed E-state index contributed by atoms with van der Waals surface area (Å²) in [6, 6.07) is 7.85. The van der Waals surface area contributed by atoms with Gasteiger partial charge in [-0.2, -0.15) is 13.2 Å². The van der Waals surface area contributed by atoms with Crippen LogP contribution in [0.15, 0.2) is 36.4 Å². The zero-order valence-electron chi connectivity index (χ0n) is 11.8. The lowest BCUT2D eigenvalue weighted by molar-refractivity contribution is -0.148. The van der Waals surface area contributed by atoms with Gasteiger partial charge < -0.3 is 10.5 Å². The normalized spacial score (nSPS) is 13.4. The first kappa shape index (κ1) is 15.6. The lowest BCUT2D eigenvalue weighted by atomic mass is 9.98. The van der Waals surface area contributed by atoms with Crippen LogP contribution in [-0.4, -0.2) is 12.8 Å². The van der Waals surface area contributed by atoms with Gasteiger partial charge in [-0.1, -0.05) is 43.7 Å². The first-order valence-corrected chi connectivity index (χ1v) is 6.92. The van der Waals surface area contributed by atoms with E-state index < -0.39 is 12.2 Å². The van der Waals surface area contributed by atoms with Crippen LogP contribution < -0.4 is 10.5 Å². The second-order valence-corrected chi connectivity index (χ2v) is 4.92. The molecular weight excluding hydrogens is 279 g/mol. The minimum Gasteiger partial charge on any atom is -0.493 e. The standard InChI is InChI=1S/C16H18F3NO/c1-2-3-10-21-14-9-8-13(15(20)16(17,18)19)11-6-4-5-7-12(11)14/h4-9,15H,2-3,10,20H2,1H3/t15-/m0/s1. The van der Waals surface area contributed by atoms with Crippen molar-refractivity contribution >= 4 is 10.8 Å². The average Bonchev–Trinajstić information content (AvgIpc) is 2.46. The highest BCUT2D eigenvalue weighted by Crippen LogP contribution is 2.37. The van der Waals surface area contributed by atoms with Crippen molar-refractivity contribution in [3.05, 3.63) is 42.0 Å². The summed E-state index contributed by atoms with van der Waals surface area (Å²) in [6.45, 7) is 2.60. The fraction of sp³-hybridized carbons (Fsp3) is 0.375. The third-order valence-corrected chi connectivity index (χ3v) is 3.36. The maximum atomic E-state index is 12.9. The molecule has 0 saturated carbocycles. The summed E-state index contributed by atoms with van der Waals surface area (Å²) in [5.41, 5.74) is 5.41. The van der Waals surface area contributed by atoms with Crippen LogP contribution in [0.2, 0.25) is 0 Å². The lowest BCUT2D eigenvalue weighted by Gasteiger charge is -2.19. The number of benzene rings is 2. The van der Waals surface area contributed by atoms with E-state index in [1.165, 1.54) is 6.07 Å². The molecule has 0 amide bonds. The van der Waals surface area contributed by atoms with Crippen LogP contribution >= 0.6 is 0 Å². The molecular formula is C16H18F3NO. The fourth-order valence-corrected chi connectivity index (χ4v) is 2.19. The highest BCUT2D eigenvalue weighted by Gasteiger charge is 2.38. The van der Waals surface area contributed by atoms with E-state index in [0.717, 1.165) is 12.8 Å². The number of fused-ring (bicyclic) bond motifs is 1. The number of alkyl halides is 3. The predicted molar refractivity (Wildman–Crippen MR) is 77.3 cm³/mol. The van der Waals surface area contributed by atoms with Gasteiger partial charge in [-0.15, -0.1) is 0 Å². The Morgan fingerprint density at radius 1 is 1.10 bits per heavy atom. The van der Waals surface area contributed by atoms with Gasteiger partial charge in [0, 0.05) is 5.39 Å². The van der Waals surface area contributed by atoms with Crippen molar-refractivity contribution in [3.63, 3.8) is 0 Å². The number of hydrogen-bond donors (Lipinski definition) is 1. The van der Waals surface area contributed by atoms with Gasteiger partial charge in [0.1, 0.15) is 11.8 Å². The van der Waals surface area contributed by atoms with E-state index >= 15 is 0 Å². The van der Waals surface area contributed by atoms with Crippen molar-refractivity contribution in [2.45, 2.75) is 32.0 Å². The largest absolute Gasteiger partial charge is 0.493 e. The average molecular weight is 297 g/mol. The Morgan fingerprint density at radius 2 is 1.76 bits per heavy atom. The number of rotatable bonds is 5. The number of hydrogen-bond acceptors (Lipinski definition) is 2. The molecule has 0 unspecified atom stereocenters. The summed E-state index contributed by atoms with van der Waals surface area (Å²) in [5, 5.41) is 1.14. The van der Waals surface area contributed by atoms with Crippen LogP contribution in [0.25, 0.3) is 10.8 Å². The molecule has 0 aliphatic heterocycles. The third-order valence-electron chi connectivity index (χ3n) is 3.36. The van der Waals surface area contributed by atoms with E-state index in [1.807, 2.05) is 6.92 Å². The summed E-state index contributed by atoms with van der Waals surface area (Å²) in [5.74, 6) is 0.595. The van der Waals surface area contributed by atoms with E-state index in [4.69, 9.17) is 10.5 Å². The van der Waals surface area contributed by atoms with Crippen molar-refractivity contribution < 1.29 is 17.9 Å². The molecule has 2 aromatic carbocycles. The zero-order chi connectivity index (χ0) is 15.5. The number of ether oxygens (including phenoxy) is 1. The number of unbranched alkanes of at least 4 members (excludes halogenated alkanes) is 1. The van der Waals surface area contributed by atoms with Crippen LogP contribution in [0, 0.1) is 0 Å². The molecule has 2 N–H and O–H groups in total. The van der Waals surface area contributed by atoms with Crippen LogP contribution in [0.3, 0.4) is 0 Å². The third kappa shape index (κ3) is 3.47. The number of nitrogens with two attached hydrogens (primary N) is 1. The van der Waals surface area contributed by atoms with Crippen molar-refractivity contribution in [2.24, 2.45) is 5.73 Å². The van der Waals surface area contributed by atoms with Gasteiger partial charge in [-0.3, -0.25) is 0 Å². The van der Waals surface area contributed by atoms with Gasteiger partial charge in [-0.05, 0) is 23.4 Å². The topological polar surface area (TPSA) is 35.2 Å². The molecule has 5 heteroatoms. The highest BCUT2D eigenvalue weighted by atomic mass is 19.4. The van der Waals surface area contributed by atoms with Gasteiger partial charge in [0.25, 0.3) is 0 Å². The molecule has 0 radical (unpaired) electrons. The van der Waals surface area contributed by atoms with Crippen LogP contribution in [0.5, 0.6) is 5.75 Å². The molecule has 0 saturated heterocycles. The van der Waals surface area contributed by atoms with Crippen molar-refractivity contribution in [2.75, 3.05) is 6.61 Å². The van der Waals surface area contributed by atoms with Crippen LogP contribution in [-0.2, 0) is 0 Å². The van der Waals surface area contributed by atoms with Crippen molar-refractivity contribution in [3.8, 4) is 5.75 Å². The first-order chi connectivity index (χ1) is 9.95. The second kappa shape index (κ2) is 6.35. The maximum absolute atomic E-state index is 12.9. The molecule has 2 aromatic rings. The molecule has 0 spiro atoms. The Morgan fingerprint density at radius 3 is 2.38 bits per heavy atom. The summed E-state index contributed by atoms with van der Waals surface area (Å²) in [6.07, 6.45) is -2.57. The van der Waals surface area contributed by atoms with Crippen LogP contribution in [0.4, 0.5) is 13.2 Å². The molecule has 0 aliphatic carbocycles. The first-order valence-electron chi connectivity index (χ1n) is 6.92. The maximum Gasteiger partial charge on any atom is 0.407 e. The molecule has 114 valence electrons. The van der Waals surface area contributed by atoms with Crippen molar-refractivity contribution in [1.29, 1.82) is 0 Å². The molecule has 21 heavy (non-hydrogen) atoms. The van der Waals surface area contributed by atoms with E-state index in [0.29, 0.717) is 23.1 Å². The molecule has 2 rings (SSSR count). The predicted octanol–water partition coefficient (Wildman–Crippen LogP) is 4.58. The van der Waals surface area contributed by atoms with E-state index in [9.17, 15) is 13.2 Å². The molecule has 0 aromatic heterocycles. The monoisotopic (exact) mass is 297 g/mol. The van der Waals surface area contributed by atoms with E-state index in [-0.39, 0.29) is 5.56 Å². The van der Waals surface area contributed by atoms with Gasteiger partial charge in [0.2, 0.25) is 0 Å². The second-order valence-electron chi connectivity index (χ2n) is 4.92. The Bertz CT molecular complexity index is 610. The molecule has 2 nitrogen and oxygen atoms in total. The van der Waals surface area contributed by atoms with Gasteiger partial charge in [-0.25, -0.2) is 0 Å². The quantitative estimate of drug-likeness (QED) is 0.820. The summed E-state index contributed by atoms with van der Waals surface area (Å²) < 4.78 is 44.2. The van der Waals surface area contributed by atoms with Crippen LogP contribution in [0.1, 0.15) is 31.4 Å². The Balaban J connectivity index is 2.44. The van der Waals surface area contributed by atoms with E-state index in [1.54, 1.807) is 30.3 Å². The molecule has 0 fully saturated rings. The summed E-state index contributed by atoms with van der Waals surface area (Å²) in [4.78, 5) is 0. The van der Waals surface area contributed by atoms with Gasteiger partial charge >= 0.3 is 6.18 Å². The number of halogens is 3. The van der Waals surface area contributed by atoms with Crippen molar-refractivity contribution in [1.82, 2.24) is 0 Å². The van der Waals surface area contributed by atoms with E-state index in [2.05, 4.69) is 0 Å². The Kier molecular flexibility index (Phi) is 4.73. The minimum absolute atomic E-state index is 0.0703. The summed E-state index contributed by atoms with van der Waals surface area (Å²) in [7, 11) is 0. The summed E-state index contributed by atoms with van der Waals surface area (Å²) >= 11 is 0.